The molecule has 4 heterocycles. The van der Waals surface area contributed by atoms with Gasteiger partial charge in [0.15, 0.2) is 11.6 Å². The molecule has 0 spiro atoms. The minimum absolute atomic E-state index is 0.454. The van der Waals surface area contributed by atoms with Crippen LogP contribution in [-0.4, -0.2) is 39.6 Å². The summed E-state index contributed by atoms with van der Waals surface area (Å²) in [5.41, 5.74) is 4.97. The maximum atomic E-state index is 10.3. The van der Waals surface area contributed by atoms with Crippen molar-refractivity contribution in [1.82, 2.24) is 34.5 Å². The van der Waals surface area contributed by atoms with Crippen LogP contribution in [0.4, 0.5) is 11.5 Å². The summed E-state index contributed by atoms with van der Waals surface area (Å²) in [6, 6.07) is 15.3. The number of hydrogen-bond acceptors (Lipinski definition) is 8. The number of nitriles is 1. The molecule has 0 saturated heterocycles. The van der Waals surface area contributed by atoms with Crippen molar-refractivity contribution in [1.29, 1.82) is 5.26 Å². The molecule has 1 atom stereocenters. The van der Waals surface area contributed by atoms with Crippen LogP contribution in [0.3, 0.4) is 0 Å². The lowest BCUT2D eigenvalue weighted by molar-refractivity contribution is 0.198. The number of hydrogen-bond donors (Lipinski definition) is 2. The molecule has 0 radical (unpaired) electrons. The second-order valence-electron chi connectivity index (χ2n) is 7.95. The van der Waals surface area contributed by atoms with Crippen LogP contribution in [0.5, 0.6) is 0 Å². The van der Waals surface area contributed by atoms with E-state index in [4.69, 9.17) is 4.98 Å². The number of nitrogens with one attached hydrogen (secondary N) is 1. The molecule has 34 heavy (non-hydrogen) atoms. The lowest BCUT2D eigenvalue weighted by Crippen LogP contribution is -2.09. The van der Waals surface area contributed by atoms with Crippen molar-refractivity contribution in [2.75, 3.05) is 5.32 Å². The van der Waals surface area contributed by atoms with Crippen molar-refractivity contribution >= 4 is 22.5 Å². The standard InChI is InChI=1S/C24H21N9O/c1-14-4-8-22(30-29-14)27-18-5-7-21-20(10-18)26-13-32(21)23-9-6-19(16(3)34)24(28-23)33-12-17(11-25)15(2)31-33/h4-10,12-13,16,34H,1-3H3,(H,27,30). The second kappa shape index (κ2) is 8.38. The average molecular weight is 451 g/mol. The first-order valence-electron chi connectivity index (χ1n) is 10.6. The highest BCUT2D eigenvalue weighted by molar-refractivity contribution is 5.82. The summed E-state index contributed by atoms with van der Waals surface area (Å²) < 4.78 is 3.39. The molecule has 10 heteroatoms. The Hall–Kier alpha value is -4.62. The summed E-state index contributed by atoms with van der Waals surface area (Å²) >= 11 is 0. The fourth-order valence-electron chi connectivity index (χ4n) is 3.66. The molecule has 0 bridgehead atoms. The third-order valence-electron chi connectivity index (χ3n) is 5.44. The van der Waals surface area contributed by atoms with Gasteiger partial charge in [0.05, 0.1) is 40.3 Å². The SMILES string of the molecule is Cc1ccc(Nc2ccc3c(c2)ncn3-c2ccc(C(C)O)c(-n3cc(C#N)c(C)n3)n2)nn1. The maximum absolute atomic E-state index is 10.3. The number of pyridine rings is 1. The van der Waals surface area contributed by atoms with Gasteiger partial charge in [0.1, 0.15) is 18.2 Å². The topological polar surface area (TPSA) is 130 Å². The molecular formula is C24H21N9O. The van der Waals surface area contributed by atoms with Crippen LogP contribution in [-0.2, 0) is 0 Å². The normalized spacial score (nSPS) is 12.0. The van der Waals surface area contributed by atoms with Crippen molar-refractivity contribution in [3.63, 3.8) is 0 Å². The van der Waals surface area contributed by atoms with Gasteiger partial charge in [0.2, 0.25) is 0 Å². The maximum Gasteiger partial charge on any atom is 0.161 e. The molecule has 0 fully saturated rings. The van der Waals surface area contributed by atoms with Gasteiger partial charge < -0.3 is 10.4 Å². The summed E-state index contributed by atoms with van der Waals surface area (Å²) in [4.78, 5) is 9.30. The number of nitrogens with zero attached hydrogens (tertiary/aromatic N) is 8. The lowest BCUT2D eigenvalue weighted by atomic mass is 10.1. The van der Waals surface area contributed by atoms with Crippen molar-refractivity contribution in [2.24, 2.45) is 0 Å². The van der Waals surface area contributed by atoms with E-state index in [1.54, 1.807) is 26.4 Å². The molecule has 0 aliphatic heterocycles. The van der Waals surface area contributed by atoms with Crippen LogP contribution in [0.15, 0.2) is 55.0 Å². The third-order valence-corrected chi connectivity index (χ3v) is 5.44. The fourth-order valence-corrected chi connectivity index (χ4v) is 3.66. The van der Waals surface area contributed by atoms with Gasteiger partial charge in [-0.15, -0.1) is 5.10 Å². The molecular weight excluding hydrogens is 430 g/mol. The first-order valence-corrected chi connectivity index (χ1v) is 10.6. The van der Waals surface area contributed by atoms with Gasteiger partial charge in [0.25, 0.3) is 0 Å². The molecule has 168 valence electrons. The van der Waals surface area contributed by atoms with Crippen molar-refractivity contribution in [3.05, 3.63) is 77.5 Å². The minimum atomic E-state index is -0.760. The lowest BCUT2D eigenvalue weighted by Gasteiger charge is -2.13. The number of rotatable bonds is 5. The predicted octanol–water partition coefficient (Wildman–Crippen LogP) is 3.68. The largest absolute Gasteiger partial charge is 0.389 e. The van der Waals surface area contributed by atoms with Crippen LogP contribution in [0.25, 0.3) is 22.7 Å². The highest BCUT2D eigenvalue weighted by Crippen LogP contribution is 2.26. The van der Waals surface area contributed by atoms with Crippen LogP contribution in [0.1, 0.15) is 35.5 Å². The van der Waals surface area contributed by atoms with Gasteiger partial charge >= 0.3 is 0 Å². The molecule has 4 aromatic heterocycles. The number of aliphatic hydroxyl groups excluding tert-OH is 1. The zero-order valence-corrected chi connectivity index (χ0v) is 18.8. The van der Waals surface area contributed by atoms with Gasteiger partial charge in [-0.1, -0.05) is 0 Å². The van der Waals surface area contributed by atoms with E-state index in [2.05, 4.69) is 31.7 Å². The highest BCUT2D eigenvalue weighted by atomic mass is 16.3. The van der Waals surface area contributed by atoms with Crippen LogP contribution >= 0.6 is 0 Å². The number of imidazole rings is 1. The van der Waals surface area contributed by atoms with Gasteiger partial charge in [-0.25, -0.2) is 14.6 Å². The molecule has 0 aliphatic rings. The van der Waals surface area contributed by atoms with Gasteiger partial charge in [-0.05, 0) is 63.2 Å². The average Bonchev–Trinajstić information content (AvgIpc) is 3.43. The molecule has 0 saturated carbocycles. The molecule has 10 nitrogen and oxygen atoms in total. The highest BCUT2D eigenvalue weighted by Gasteiger charge is 2.17. The van der Waals surface area contributed by atoms with E-state index in [0.29, 0.717) is 34.3 Å². The zero-order chi connectivity index (χ0) is 23.8. The Morgan fingerprint density at radius 2 is 1.94 bits per heavy atom. The smallest absolute Gasteiger partial charge is 0.161 e. The van der Waals surface area contributed by atoms with E-state index in [-0.39, 0.29) is 0 Å². The Morgan fingerprint density at radius 3 is 2.65 bits per heavy atom. The number of aryl methyl sites for hydroxylation is 2. The number of aromatic nitrogens is 7. The van der Waals surface area contributed by atoms with Crippen LogP contribution < -0.4 is 5.32 Å². The molecule has 2 N–H and O–H groups in total. The molecule has 1 aromatic carbocycles. The summed E-state index contributed by atoms with van der Waals surface area (Å²) in [5.74, 6) is 1.71. The molecule has 5 rings (SSSR count). The molecule has 1 unspecified atom stereocenters. The summed E-state index contributed by atoms with van der Waals surface area (Å²) in [5, 5.41) is 35.4. The number of fused-ring (bicyclic) bond motifs is 1. The van der Waals surface area contributed by atoms with E-state index in [9.17, 15) is 10.4 Å². The quantitative estimate of drug-likeness (QED) is 0.414. The monoisotopic (exact) mass is 451 g/mol. The Labute approximate surface area is 195 Å². The molecule has 5 aromatic rings. The predicted molar refractivity (Wildman–Crippen MR) is 126 cm³/mol. The van der Waals surface area contributed by atoms with E-state index < -0.39 is 6.10 Å². The van der Waals surface area contributed by atoms with Gasteiger partial charge in [0, 0.05) is 11.3 Å². The van der Waals surface area contributed by atoms with E-state index in [1.807, 2.05) is 54.0 Å². The van der Waals surface area contributed by atoms with Crippen molar-refractivity contribution in [2.45, 2.75) is 26.9 Å². The van der Waals surface area contributed by atoms with Crippen molar-refractivity contribution < 1.29 is 5.11 Å². The van der Waals surface area contributed by atoms with E-state index in [0.717, 1.165) is 22.4 Å². The summed E-state index contributed by atoms with van der Waals surface area (Å²) in [6.07, 6.45) is 2.55. The number of anilines is 2. The second-order valence-corrected chi connectivity index (χ2v) is 7.95. The van der Waals surface area contributed by atoms with Gasteiger partial charge in [-0.3, -0.25) is 4.57 Å². The number of benzene rings is 1. The molecule has 0 amide bonds. The Bertz CT molecular complexity index is 1540. The summed E-state index contributed by atoms with van der Waals surface area (Å²) in [6.45, 7) is 5.32. The first-order chi connectivity index (χ1) is 16.4. The fraction of sp³-hybridized carbons (Fsp3) is 0.167. The number of aliphatic hydroxyl groups is 1. The Balaban J connectivity index is 1.54. The zero-order valence-electron chi connectivity index (χ0n) is 18.8. The first kappa shape index (κ1) is 21.2. The van der Waals surface area contributed by atoms with E-state index >= 15 is 0 Å². The van der Waals surface area contributed by atoms with Gasteiger partial charge in [-0.2, -0.15) is 15.5 Å². The van der Waals surface area contributed by atoms with Crippen LogP contribution in [0.2, 0.25) is 0 Å². The van der Waals surface area contributed by atoms with Crippen molar-refractivity contribution in [3.8, 4) is 17.7 Å². The van der Waals surface area contributed by atoms with Crippen LogP contribution in [0, 0.1) is 25.2 Å². The minimum Gasteiger partial charge on any atom is -0.389 e. The van der Waals surface area contributed by atoms with E-state index in [1.165, 1.54) is 4.68 Å². The molecule has 0 aliphatic carbocycles. The Morgan fingerprint density at radius 1 is 1.09 bits per heavy atom. The summed E-state index contributed by atoms with van der Waals surface area (Å²) in [7, 11) is 0. The third kappa shape index (κ3) is 3.85. The Kier molecular flexibility index (Phi) is 5.24.